The quantitative estimate of drug-likeness (QED) is 0.802. The average Bonchev–Trinajstić information content (AvgIpc) is 2.33. The number of halogens is 1. The molecule has 0 aromatic carbocycles. The first-order valence-electron chi connectivity index (χ1n) is 6.35. The van der Waals surface area contributed by atoms with Gasteiger partial charge in [0.2, 0.25) is 0 Å². The summed E-state index contributed by atoms with van der Waals surface area (Å²) in [5.74, 6) is 1.29. The highest BCUT2D eigenvalue weighted by Crippen LogP contribution is 2.35. The average molecular weight is 314 g/mol. The molecule has 1 heterocycles. The van der Waals surface area contributed by atoms with Crippen molar-refractivity contribution in [3.8, 4) is 0 Å². The lowest BCUT2D eigenvalue weighted by molar-refractivity contribution is 0.149. The van der Waals surface area contributed by atoms with Gasteiger partial charge in [0.05, 0.1) is 17.8 Å². The molecule has 100 valence electrons. The van der Waals surface area contributed by atoms with Crippen LogP contribution in [0.25, 0.3) is 0 Å². The standard InChI is InChI=1S/C13H20BrN3O/c1-9-3-2-4-13(6-9,8-18)17-12-11(15)5-10(14)7-16-12/h5,7,9,18H,2-4,6,8,15H2,1H3,(H,16,17). The molecule has 1 fully saturated rings. The van der Waals surface area contributed by atoms with Gasteiger partial charge in [-0.1, -0.05) is 19.8 Å². The van der Waals surface area contributed by atoms with E-state index >= 15 is 0 Å². The van der Waals surface area contributed by atoms with Gasteiger partial charge >= 0.3 is 0 Å². The molecule has 1 saturated carbocycles. The fourth-order valence-corrected chi connectivity index (χ4v) is 3.12. The molecule has 2 unspecified atom stereocenters. The molecule has 1 aromatic heterocycles. The molecule has 1 aromatic rings. The molecule has 0 spiro atoms. The zero-order chi connectivity index (χ0) is 13.2. The van der Waals surface area contributed by atoms with Crippen LogP contribution in [0.2, 0.25) is 0 Å². The fourth-order valence-electron chi connectivity index (χ4n) is 2.77. The molecule has 2 rings (SSSR count). The normalized spacial score (nSPS) is 28.1. The number of nitrogen functional groups attached to an aromatic ring is 1. The molecule has 0 aliphatic heterocycles. The third kappa shape index (κ3) is 2.95. The first-order chi connectivity index (χ1) is 8.54. The van der Waals surface area contributed by atoms with Crippen molar-refractivity contribution in [2.45, 2.75) is 38.1 Å². The van der Waals surface area contributed by atoms with Gasteiger partial charge in [-0.2, -0.15) is 0 Å². The number of aromatic nitrogens is 1. The van der Waals surface area contributed by atoms with Crippen LogP contribution in [0.1, 0.15) is 32.6 Å². The van der Waals surface area contributed by atoms with Crippen LogP contribution >= 0.6 is 15.9 Å². The second-order valence-electron chi connectivity index (χ2n) is 5.36. The molecular weight excluding hydrogens is 294 g/mol. The van der Waals surface area contributed by atoms with Crippen LogP contribution in [-0.2, 0) is 0 Å². The highest BCUT2D eigenvalue weighted by Gasteiger charge is 2.35. The van der Waals surface area contributed by atoms with Crippen LogP contribution < -0.4 is 11.1 Å². The maximum Gasteiger partial charge on any atom is 0.149 e. The van der Waals surface area contributed by atoms with Crippen LogP contribution in [0, 0.1) is 5.92 Å². The summed E-state index contributed by atoms with van der Waals surface area (Å²) in [7, 11) is 0. The number of anilines is 2. The zero-order valence-electron chi connectivity index (χ0n) is 10.6. The number of aliphatic hydroxyl groups is 1. The minimum Gasteiger partial charge on any atom is -0.396 e. The van der Waals surface area contributed by atoms with Crippen LogP contribution in [0.15, 0.2) is 16.7 Å². The summed E-state index contributed by atoms with van der Waals surface area (Å²) >= 11 is 3.34. The van der Waals surface area contributed by atoms with E-state index in [9.17, 15) is 5.11 Å². The largest absolute Gasteiger partial charge is 0.396 e. The van der Waals surface area contributed by atoms with Crippen molar-refractivity contribution in [1.29, 1.82) is 0 Å². The summed E-state index contributed by atoms with van der Waals surface area (Å²) in [4.78, 5) is 4.30. The number of pyridine rings is 1. The van der Waals surface area contributed by atoms with E-state index in [0.717, 1.165) is 23.7 Å². The lowest BCUT2D eigenvalue weighted by Crippen LogP contribution is -2.46. The van der Waals surface area contributed by atoms with E-state index in [4.69, 9.17) is 5.73 Å². The fraction of sp³-hybridized carbons (Fsp3) is 0.615. The maximum absolute atomic E-state index is 9.73. The van der Waals surface area contributed by atoms with Crippen LogP contribution in [0.5, 0.6) is 0 Å². The van der Waals surface area contributed by atoms with Gasteiger partial charge in [-0.05, 0) is 40.8 Å². The number of nitrogens with zero attached hydrogens (tertiary/aromatic N) is 1. The smallest absolute Gasteiger partial charge is 0.149 e. The molecule has 4 N–H and O–H groups in total. The Balaban J connectivity index is 2.19. The zero-order valence-corrected chi connectivity index (χ0v) is 12.2. The van der Waals surface area contributed by atoms with Crippen molar-refractivity contribution in [2.75, 3.05) is 17.7 Å². The predicted octanol–water partition coefficient (Wildman–Crippen LogP) is 2.78. The van der Waals surface area contributed by atoms with E-state index in [0.29, 0.717) is 17.4 Å². The summed E-state index contributed by atoms with van der Waals surface area (Å²) in [5, 5.41) is 13.1. The lowest BCUT2D eigenvalue weighted by atomic mass is 9.77. The Labute approximate surface area is 116 Å². The monoisotopic (exact) mass is 313 g/mol. The Bertz CT molecular complexity index is 427. The van der Waals surface area contributed by atoms with Gasteiger partial charge in [-0.3, -0.25) is 0 Å². The van der Waals surface area contributed by atoms with Gasteiger partial charge in [0.25, 0.3) is 0 Å². The van der Waals surface area contributed by atoms with Crippen molar-refractivity contribution in [3.63, 3.8) is 0 Å². The molecule has 1 aliphatic rings. The van der Waals surface area contributed by atoms with Gasteiger partial charge in [-0.15, -0.1) is 0 Å². The van der Waals surface area contributed by atoms with E-state index in [1.54, 1.807) is 6.20 Å². The van der Waals surface area contributed by atoms with E-state index in [1.807, 2.05) is 6.07 Å². The molecule has 2 atom stereocenters. The summed E-state index contributed by atoms with van der Waals surface area (Å²) < 4.78 is 0.862. The molecule has 0 bridgehead atoms. The minimum atomic E-state index is -0.271. The second kappa shape index (κ2) is 5.45. The molecule has 4 nitrogen and oxygen atoms in total. The van der Waals surface area contributed by atoms with E-state index in [-0.39, 0.29) is 12.1 Å². The maximum atomic E-state index is 9.73. The van der Waals surface area contributed by atoms with E-state index in [1.165, 1.54) is 6.42 Å². The Hall–Kier alpha value is -0.810. The molecule has 0 radical (unpaired) electrons. The number of nitrogens with one attached hydrogen (secondary N) is 1. The Morgan fingerprint density at radius 2 is 2.44 bits per heavy atom. The molecule has 0 amide bonds. The summed E-state index contributed by atoms with van der Waals surface area (Å²) in [6.07, 6.45) is 6.00. The van der Waals surface area contributed by atoms with E-state index < -0.39 is 0 Å². The highest BCUT2D eigenvalue weighted by molar-refractivity contribution is 9.10. The SMILES string of the molecule is CC1CCCC(CO)(Nc2ncc(Br)cc2N)C1. The van der Waals surface area contributed by atoms with Crippen LogP contribution in [-0.4, -0.2) is 22.2 Å². The summed E-state index contributed by atoms with van der Waals surface area (Å²) in [5.41, 5.74) is 6.29. The van der Waals surface area contributed by atoms with Crippen molar-refractivity contribution >= 4 is 27.4 Å². The van der Waals surface area contributed by atoms with Gasteiger partial charge in [0.1, 0.15) is 5.82 Å². The summed E-state index contributed by atoms with van der Waals surface area (Å²) in [6.45, 7) is 2.35. The Morgan fingerprint density at radius 1 is 1.67 bits per heavy atom. The number of hydrogen-bond donors (Lipinski definition) is 3. The second-order valence-corrected chi connectivity index (χ2v) is 6.27. The summed E-state index contributed by atoms with van der Waals surface area (Å²) in [6, 6.07) is 1.83. The first-order valence-corrected chi connectivity index (χ1v) is 7.14. The van der Waals surface area contributed by atoms with Crippen molar-refractivity contribution < 1.29 is 5.11 Å². The van der Waals surface area contributed by atoms with Gasteiger partial charge in [0, 0.05) is 10.7 Å². The Kier molecular flexibility index (Phi) is 4.12. The van der Waals surface area contributed by atoms with Crippen molar-refractivity contribution in [3.05, 3.63) is 16.7 Å². The first kappa shape index (κ1) is 13.6. The number of aliphatic hydroxyl groups excluding tert-OH is 1. The molecule has 5 heteroatoms. The third-order valence-electron chi connectivity index (χ3n) is 3.66. The van der Waals surface area contributed by atoms with Gasteiger partial charge < -0.3 is 16.2 Å². The van der Waals surface area contributed by atoms with Crippen molar-refractivity contribution in [1.82, 2.24) is 4.98 Å². The molecule has 18 heavy (non-hydrogen) atoms. The number of hydrogen-bond acceptors (Lipinski definition) is 4. The third-order valence-corrected chi connectivity index (χ3v) is 4.10. The minimum absolute atomic E-state index is 0.120. The van der Waals surface area contributed by atoms with Crippen LogP contribution in [0.3, 0.4) is 0 Å². The molecular formula is C13H20BrN3O. The molecule has 0 saturated heterocycles. The Morgan fingerprint density at radius 3 is 3.06 bits per heavy atom. The van der Waals surface area contributed by atoms with Crippen molar-refractivity contribution in [2.24, 2.45) is 5.92 Å². The lowest BCUT2D eigenvalue weighted by Gasteiger charge is -2.40. The van der Waals surface area contributed by atoms with Gasteiger partial charge in [-0.25, -0.2) is 4.98 Å². The van der Waals surface area contributed by atoms with Gasteiger partial charge in [0.15, 0.2) is 0 Å². The number of nitrogens with two attached hydrogens (primary N) is 1. The number of rotatable bonds is 3. The molecule has 1 aliphatic carbocycles. The van der Waals surface area contributed by atoms with Crippen LogP contribution in [0.4, 0.5) is 11.5 Å². The predicted molar refractivity (Wildman–Crippen MR) is 77.4 cm³/mol. The topological polar surface area (TPSA) is 71.2 Å². The van der Waals surface area contributed by atoms with E-state index in [2.05, 4.69) is 33.2 Å². The highest BCUT2D eigenvalue weighted by atomic mass is 79.9.